The van der Waals surface area contributed by atoms with E-state index >= 15 is 0 Å². The number of aromatic nitrogens is 2. The van der Waals surface area contributed by atoms with Crippen molar-refractivity contribution in [3.8, 4) is 5.69 Å². The molecule has 0 aliphatic carbocycles. The van der Waals surface area contributed by atoms with Gasteiger partial charge in [0, 0.05) is 6.04 Å². The van der Waals surface area contributed by atoms with Gasteiger partial charge in [0.25, 0.3) is 0 Å². The Morgan fingerprint density at radius 2 is 2.33 bits per heavy atom. The molecule has 0 unspecified atom stereocenters. The van der Waals surface area contributed by atoms with Crippen molar-refractivity contribution in [2.24, 2.45) is 0 Å². The smallest absolute Gasteiger partial charge is 0.125 e. The fourth-order valence-corrected chi connectivity index (χ4v) is 2.54. The van der Waals surface area contributed by atoms with E-state index in [0.29, 0.717) is 6.04 Å². The van der Waals surface area contributed by atoms with E-state index in [1.807, 2.05) is 17.7 Å². The first-order valence-electron chi connectivity index (χ1n) is 6.28. The average Bonchev–Trinajstić information content (AvgIpc) is 3.00. The fraction of sp³-hybridized carbons (Fsp3) is 0.357. The molecule has 1 aliphatic heterocycles. The highest BCUT2D eigenvalue weighted by atomic mass is 19.1. The largest absolute Gasteiger partial charge is 0.309 e. The lowest BCUT2D eigenvalue weighted by Gasteiger charge is -2.15. The predicted molar refractivity (Wildman–Crippen MR) is 68.2 cm³/mol. The number of nitrogens with one attached hydrogen (secondary N) is 1. The maximum absolute atomic E-state index is 13.4. The van der Waals surface area contributed by atoms with Gasteiger partial charge in [-0.3, -0.25) is 0 Å². The van der Waals surface area contributed by atoms with Gasteiger partial charge in [-0.1, -0.05) is 6.07 Å². The van der Waals surface area contributed by atoms with Crippen LogP contribution in [0.5, 0.6) is 0 Å². The maximum Gasteiger partial charge on any atom is 0.125 e. The zero-order valence-corrected chi connectivity index (χ0v) is 10.4. The molecule has 1 aliphatic rings. The molecule has 0 saturated carbocycles. The molecule has 94 valence electrons. The second-order valence-electron chi connectivity index (χ2n) is 4.77. The van der Waals surface area contributed by atoms with E-state index in [0.717, 1.165) is 29.9 Å². The topological polar surface area (TPSA) is 29.9 Å². The zero-order chi connectivity index (χ0) is 12.5. The Labute approximate surface area is 106 Å². The van der Waals surface area contributed by atoms with E-state index in [4.69, 9.17) is 0 Å². The molecule has 1 fully saturated rings. The lowest BCUT2D eigenvalue weighted by Crippen LogP contribution is -2.16. The highest BCUT2D eigenvalue weighted by molar-refractivity contribution is 5.42. The van der Waals surface area contributed by atoms with Gasteiger partial charge in [-0.15, -0.1) is 0 Å². The van der Waals surface area contributed by atoms with Crippen molar-refractivity contribution in [3.63, 3.8) is 0 Å². The molecule has 4 heteroatoms. The van der Waals surface area contributed by atoms with Crippen LogP contribution in [0, 0.1) is 12.7 Å². The van der Waals surface area contributed by atoms with Gasteiger partial charge >= 0.3 is 0 Å². The van der Waals surface area contributed by atoms with E-state index in [1.165, 1.54) is 12.5 Å². The van der Waals surface area contributed by atoms with E-state index in [1.54, 1.807) is 18.5 Å². The van der Waals surface area contributed by atoms with Crippen molar-refractivity contribution < 1.29 is 4.39 Å². The summed E-state index contributed by atoms with van der Waals surface area (Å²) in [5.74, 6) is -0.213. The maximum atomic E-state index is 13.4. The summed E-state index contributed by atoms with van der Waals surface area (Å²) in [6.07, 6.45) is 5.92. The summed E-state index contributed by atoms with van der Waals surface area (Å²) in [6.45, 7) is 3.03. The minimum atomic E-state index is -0.213. The number of aryl methyl sites for hydroxylation is 1. The van der Waals surface area contributed by atoms with Crippen molar-refractivity contribution in [1.29, 1.82) is 0 Å². The van der Waals surface area contributed by atoms with Crippen LogP contribution in [0.4, 0.5) is 4.39 Å². The van der Waals surface area contributed by atoms with E-state index in [9.17, 15) is 4.39 Å². The molecule has 0 bridgehead atoms. The van der Waals surface area contributed by atoms with Crippen LogP contribution in [0.1, 0.15) is 30.1 Å². The average molecular weight is 245 g/mol. The normalized spacial score (nSPS) is 19.3. The van der Waals surface area contributed by atoms with Crippen molar-refractivity contribution >= 4 is 0 Å². The van der Waals surface area contributed by atoms with Crippen LogP contribution in [-0.2, 0) is 0 Å². The second-order valence-corrected chi connectivity index (χ2v) is 4.77. The summed E-state index contributed by atoms with van der Waals surface area (Å²) in [7, 11) is 0. The highest BCUT2D eigenvalue weighted by Crippen LogP contribution is 2.26. The summed E-state index contributed by atoms with van der Waals surface area (Å²) < 4.78 is 15.4. The molecule has 1 saturated heterocycles. The first-order valence-corrected chi connectivity index (χ1v) is 6.28. The Kier molecular flexibility index (Phi) is 2.88. The fourth-order valence-electron chi connectivity index (χ4n) is 2.54. The molecule has 18 heavy (non-hydrogen) atoms. The van der Waals surface area contributed by atoms with Gasteiger partial charge < -0.3 is 9.88 Å². The highest BCUT2D eigenvalue weighted by Gasteiger charge is 2.20. The van der Waals surface area contributed by atoms with Crippen LogP contribution in [-0.4, -0.2) is 16.1 Å². The molecule has 1 atom stereocenters. The molecule has 3 nitrogen and oxygen atoms in total. The standard InChI is InChI=1S/C14H16FN3/c1-10-4-5-11(15)7-13(10)18-9-16-8-14(18)12-3-2-6-17-12/h4-5,7-9,12,17H,2-3,6H2,1H3/t12-/m0/s1. The minimum absolute atomic E-state index is 0.213. The van der Waals surface area contributed by atoms with E-state index < -0.39 is 0 Å². The molecule has 2 heterocycles. The first kappa shape index (κ1) is 11.4. The van der Waals surface area contributed by atoms with Gasteiger partial charge in [-0.2, -0.15) is 0 Å². The van der Waals surface area contributed by atoms with Crippen LogP contribution in [0.2, 0.25) is 0 Å². The van der Waals surface area contributed by atoms with Crippen LogP contribution >= 0.6 is 0 Å². The van der Waals surface area contributed by atoms with Crippen molar-refractivity contribution in [1.82, 2.24) is 14.9 Å². The third-order valence-electron chi connectivity index (χ3n) is 3.52. The number of nitrogens with zero attached hydrogens (tertiary/aromatic N) is 2. The lowest BCUT2D eigenvalue weighted by molar-refractivity contribution is 0.608. The summed E-state index contributed by atoms with van der Waals surface area (Å²) in [5, 5.41) is 3.45. The number of hydrogen-bond donors (Lipinski definition) is 1. The van der Waals surface area contributed by atoms with Crippen LogP contribution in [0.25, 0.3) is 5.69 Å². The number of halogens is 1. The van der Waals surface area contributed by atoms with Gasteiger partial charge in [0.1, 0.15) is 5.82 Å². The molecule has 2 aromatic rings. The van der Waals surface area contributed by atoms with Gasteiger partial charge in [0.2, 0.25) is 0 Å². The Morgan fingerprint density at radius 3 is 3.11 bits per heavy atom. The molecule has 1 N–H and O–H groups in total. The van der Waals surface area contributed by atoms with Gasteiger partial charge in [-0.25, -0.2) is 9.37 Å². The summed E-state index contributed by atoms with van der Waals surface area (Å²) in [4.78, 5) is 4.21. The lowest BCUT2D eigenvalue weighted by atomic mass is 10.1. The number of hydrogen-bond acceptors (Lipinski definition) is 2. The second kappa shape index (κ2) is 4.53. The van der Waals surface area contributed by atoms with Gasteiger partial charge in [0.05, 0.1) is 23.9 Å². The predicted octanol–water partition coefficient (Wildman–Crippen LogP) is 2.74. The SMILES string of the molecule is Cc1ccc(F)cc1-n1cncc1[C@@H]1CCCN1. The van der Waals surface area contributed by atoms with Crippen molar-refractivity contribution in [3.05, 3.63) is 47.8 Å². The molecule has 3 rings (SSSR count). The van der Waals surface area contributed by atoms with Crippen LogP contribution in [0.15, 0.2) is 30.7 Å². The zero-order valence-electron chi connectivity index (χ0n) is 10.4. The monoisotopic (exact) mass is 245 g/mol. The van der Waals surface area contributed by atoms with Crippen LogP contribution in [0.3, 0.4) is 0 Å². The third-order valence-corrected chi connectivity index (χ3v) is 3.52. The van der Waals surface area contributed by atoms with Crippen molar-refractivity contribution in [2.45, 2.75) is 25.8 Å². The number of benzene rings is 1. The molecule has 0 amide bonds. The molecule has 1 aromatic carbocycles. The first-order chi connectivity index (χ1) is 8.75. The molecule has 0 spiro atoms. The molecular weight excluding hydrogens is 229 g/mol. The Morgan fingerprint density at radius 1 is 1.44 bits per heavy atom. The molecular formula is C14H16FN3. The summed E-state index contributed by atoms with van der Waals surface area (Å²) in [5.41, 5.74) is 3.03. The summed E-state index contributed by atoms with van der Waals surface area (Å²) in [6, 6.07) is 5.19. The Hall–Kier alpha value is -1.68. The minimum Gasteiger partial charge on any atom is -0.309 e. The van der Waals surface area contributed by atoms with Crippen LogP contribution < -0.4 is 5.32 Å². The van der Waals surface area contributed by atoms with Crippen molar-refractivity contribution in [2.75, 3.05) is 6.54 Å². The van der Waals surface area contributed by atoms with Gasteiger partial charge in [0.15, 0.2) is 0 Å². The third kappa shape index (κ3) is 1.93. The molecule has 0 radical (unpaired) electrons. The van der Waals surface area contributed by atoms with E-state index in [-0.39, 0.29) is 5.82 Å². The quantitative estimate of drug-likeness (QED) is 0.881. The molecule has 1 aromatic heterocycles. The van der Waals surface area contributed by atoms with E-state index in [2.05, 4.69) is 10.3 Å². The Bertz CT molecular complexity index is 556. The number of rotatable bonds is 2. The summed E-state index contributed by atoms with van der Waals surface area (Å²) >= 11 is 0. The number of imidazole rings is 1. The Balaban J connectivity index is 2.06. The van der Waals surface area contributed by atoms with Gasteiger partial charge in [-0.05, 0) is 44.0 Å².